The molecule has 3 fully saturated rings. The molecule has 0 amide bonds. The normalized spacial score (nSPS) is 34.7. The molecule has 3 saturated heterocycles. The first kappa shape index (κ1) is 41.0. The highest BCUT2D eigenvalue weighted by Gasteiger charge is 2.50. The number of fused-ring (bicyclic) bond motifs is 3. The van der Waals surface area contributed by atoms with E-state index >= 15 is 0 Å². The van der Waals surface area contributed by atoms with E-state index in [1.807, 2.05) is 25.9 Å². The topological polar surface area (TPSA) is 219 Å². The van der Waals surface area contributed by atoms with Crippen molar-refractivity contribution < 1.29 is 68.4 Å². The molecule has 0 saturated carbocycles. The number of aliphatic hydroxyl groups is 3. The van der Waals surface area contributed by atoms with Gasteiger partial charge < -0.3 is 54.1 Å². The molecule has 55 heavy (non-hydrogen) atoms. The number of hydrogen-bond acceptors (Lipinski definition) is 15. The molecule has 3 heterocycles. The van der Waals surface area contributed by atoms with Crippen LogP contribution in [0.1, 0.15) is 120 Å². The molecular formula is C40H51NO14. The first-order valence-corrected chi connectivity index (χ1v) is 18.8. The molecule has 2 aromatic carbocycles. The maximum Gasteiger partial charge on any atom is 0.201 e. The Hall–Kier alpha value is -3.64. The van der Waals surface area contributed by atoms with Gasteiger partial charge in [0.05, 0.1) is 35.5 Å². The van der Waals surface area contributed by atoms with Crippen molar-refractivity contribution in [1.82, 2.24) is 4.90 Å². The summed E-state index contributed by atoms with van der Waals surface area (Å²) in [6.07, 6.45) is -5.03. The number of aromatic hydroxyl groups is 2. The number of phenolic OH excluding ortho intramolecular Hbond substituents is 2. The summed E-state index contributed by atoms with van der Waals surface area (Å²) < 4.78 is 29.8. The molecule has 5 N–H and O–H groups in total. The van der Waals surface area contributed by atoms with Crippen LogP contribution in [0.15, 0.2) is 24.3 Å². The number of phenols is 2. The Morgan fingerprint density at radius 3 is 2.20 bits per heavy atom. The van der Waals surface area contributed by atoms with E-state index in [4.69, 9.17) is 23.7 Å². The van der Waals surface area contributed by atoms with E-state index in [1.165, 1.54) is 24.3 Å². The first-order chi connectivity index (χ1) is 26.0. The molecule has 300 valence electrons. The van der Waals surface area contributed by atoms with Crippen molar-refractivity contribution in [2.75, 3.05) is 20.7 Å². The zero-order valence-corrected chi connectivity index (χ0v) is 31.9. The fraction of sp³-hybridized carbons (Fsp3) is 0.600. The summed E-state index contributed by atoms with van der Waals surface area (Å²) in [4.78, 5) is 53.4. The summed E-state index contributed by atoms with van der Waals surface area (Å²) in [6.45, 7) is 7.64. The van der Waals surface area contributed by atoms with Gasteiger partial charge in [-0.25, -0.2) is 0 Å². The van der Waals surface area contributed by atoms with Crippen molar-refractivity contribution in [1.29, 1.82) is 0 Å². The lowest BCUT2D eigenvalue weighted by molar-refractivity contribution is -0.310. The highest BCUT2D eigenvalue weighted by molar-refractivity contribution is 6.31. The molecule has 0 bridgehead atoms. The zero-order valence-electron chi connectivity index (χ0n) is 31.9. The van der Waals surface area contributed by atoms with Crippen LogP contribution < -0.4 is 0 Å². The Kier molecular flexibility index (Phi) is 12.0. The number of nitrogens with zero attached hydrogens (tertiary/aromatic N) is 1. The molecule has 15 nitrogen and oxygen atoms in total. The summed E-state index contributed by atoms with van der Waals surface area (Å²) in [5.41, 5.74) is -2.92. The van der Waals surface area contributed by atoms with Crippen molar-refractivity contribution in [3.8, 4) is 11.5 Å². The van der Waals surface area contributed by atoms with Crippen LogP contribution >= 0.6 is 0 Å². The number of ether oxygens (including phenoxy) is 5. The highest BCUT2D eigenvalue weighted by Crippen LogP contribution is 2.49. The van der Waals surface area contributed by atoms with E-state index in [0.29, 0.717) is 6.42 Å². The van der Waals surface area contributed by atoms with Crippen LogP contribution in [-0.2, 0) is 28.5 Å². The summed E-state index contributed by atoms with van der Waals surface area (Å²) in [7, 11) is 3.72. The van der Waals surface area contributed by atoms with E-state index < -0.39 is 83.7 Å². The number of likely N-dealkylation sites (N-methyl/N-ethyl adjacent to an activating group) is 1. The van der Waals surface area contributed by atoms with E-state index in [1.54, 1.807) is 20.8 Å². The van der Waals surface area contributed by atoms with Crippen LogP contribution in [0, 0.1) is 0 Å². The van der Waals surface area contributed by atoms with Gasteiger partial charge in [0.2, 0.25) is 5.78 Å². The van der Waals surface area contributed by atoms with Crippen molar-refractivity contribution >= 4 is 23.1 Å². The SMILES string of the molecule is CC[C@@]1(O)C[C@H](O[C@H]2C[C@H](N(C)C)[C@H](O[C@@H]3C[C@H](O)[C@@H](O)[C@H](C)O3)[C@H](C)O2)c2c(cc3c(c2O)C(=O)c2c(O)cccc2C3=O)C1=O.C[C@H]1OCCCC1=O. The number of carbonyl (C=O) groups is 4. The third kappa shape index (κ3) is 7.74. The molecule has 3 aliphatic heterocycles. The number of aliphatic hydroxyl groups excluding tert-OH is 2. The molecule has 0 aromatic heterocycles. The Labute approximate surface area is 319 Å². The lowest BCUT2D eigenvalue weighted by atomic mass is 9.72. The van der Waals surface area contributed by atoms with Crippen LogP contribution in [0.2, 0.25) is 0 Å². The van der Waals surface area contributed by atoms with Gasteiger partial charge >= 0.3 is 0 Å². The highest BCUT2D eigenvalue weighted by atomic mass is 16.7. The Morgan fingerprint density at radius 2 is 1.58 bits per heavy atom. The van der Waals surface area contributed by atoms with Crippen LogP contribution in [0.25, 0.3) is 0 Å². The van der Waals surface area contributed by atoms with E-state index in [9.17, 15) is 44.7 Å². The van der Waals surface area contributed by atoms with Gasteiger partial charge in [0.1, 0.15) is 35.4 Å². The number of Topliss-reactive ketones (excluding diaryl/α,β-unsaturated/α-hetero) is 2. The number of hydrogen-bond donors (Lipinski definition) is 5. The molecule has 0 unspecified atom stereocenters. The van der Waals surface area contributed by atoms with Crippen LogP contribution in [0.4, 0.5) is 0 Å². The monoisotopic (exact) mass is 769 g/mol. The van der Waals surface area contributed by atoms with Crippen molar-refractivity contribution in [3.63, 3.8) is 0 Å². The second kappa shape index (κ2) is 16.1. The fourth-order valence-electron chi connectivity index (χ4n) is 8.10. The third-order valence-corrected chi connectivity index (χ3v) is 11.4. The van der Waals surface area contributed by atoms with Crippen molar-refractivity contribution in [2.45, 2.75) is 133 Å². The van der Waals surface area contributed by atoms with Crippen LogP contribution in [0.3, 0.4) is 0 Å². The van der Waals surface area contributed by atoms with Gasteiger partial charge in [-0.2, -0.15) is 0 Å². The minimum Gasteiger partial charge on any atom is -0.507 e. The number of ketones is 4. The first-order valence-electron chi connectivity index (χ1n) is 18.8. The largest absolute Gasteiger partial charge is 0.507 e. The molecule has 2 aliphatic carbocycles. The molecule has 5 aliphatic rings. The fourth-order valence-corrected chi connectivity index (χ4v) is 8.10. The molecule has 2 aromatic rings. The average molecular weight is 770 g/mol. The third-order valence-electron chi connectivity index (χ3n) is 11.4. The minimum absolute atomic E-state index is 0.0189. The lowest BCUT2D eigenvalue weighted by Crippen LogP contribution is -2.57. The molecular weight excluding hydrogens is 718 g/mol. The van der Waals surface area contributed by atoms with Crippen LogP contribution in [-0.4, -0.2) is 135 Å². The zero-order chi connectivity index (χ0) is 40.1. The quantitative estimate of drug-likeness (QED) is 0.244. The number of rotatable bonds is 6. The number of benzene rings is 2. The Balaban J connectivity index is 0.000000572. The van der Waals surface area contributed by atoms with Gasteiger partial charge in [-0.1, -0.05) is 19.1 Å². The maximum atomic E-state index is 13.7. The number of carbonyl (C=O) groups excluding carboxylic acids is 4. The predicted octanol–water partition coefficient (Wildman–Crippen LogP) is 2.72. The second-order valence-corrected chi connectivity index (χ2v) is 15.3. The predicted molar refractivity (Wildman–Crippen MR) is 193 cm³/mol. The standard InChI is InChI=1S/C34H41NO12.C6H10O2/c1-6-34(43)13-22(46-23-11-19(35(4)5)32(15(3)45-23)47-24-12-21(37)28(38)14(2)44-24)26-18(33(34)42)10-17-27(31(26)41)30(40)25-16(29(17)39)8-7-9-20(25)36;1-5-6(7)3-2-4-8-5/h7-10,14-15,19,21-24,28,32,36-38,41,43H,6,11-13H2,1-5H3;5H,2-4H2,1H3/t14-,15-,19-,21-,22-,23-,24+,28-,32+,34+;5-/m01/s1. The van der Waals surface area contributed by atoms with Gasteiger partial charge in [-0.05, 0) is 59.8 Å². The van der Waals surface area contributed by atoms with E-state index in [-0.39, 0.29) is 77.0 Å². The molecule has 0 radical (unpaired) electrons. The van der Waals surface area contributed by atoms with Gasteiger partial charge in [-0.15, -0.1) is 0 Å². The maximum absolute atomic E-state index is 13.7. The summed E-state index contributed by atoms with van der Waals surface area (Å²) in [5, 5.41) is 53.9. The molecule has 0 spiro atoms. The summed E-state index contributed by atoms with van der Waals surface area (Å²) >= 11 is 0. The van der Waals surface area contributed by atoms with Crippen LogP contribution in [0.5, 0.6) is 11.5 Å². The summed E-state index contributed by atoms with van der Waals surface area (Å²) in [5.74, 6) is -2.93. The van der Waals surface area contributed by atoms with Gasteiger partial charge in [-0.3, -0.25) is 19.2 Å². The minimum atomic E-state index is -1.89. The summed E-state index contributed by atoms with van der Waals surface area (Å²) in [6, 6.07) is 5.01. The van der Waals surface area contributed by atoms with Gasteiger partial charge in [0.15, 0.2) is 29.9 Å². The second-order valence-electron chi connectivity index (χ2n) is 15.3. The smallest absolute Gasteiger partial charge is 0.201 e. The van der Waals surface area contributed by atoms with Gasteiger partial charge in [0, 0.05) is 60.6 Å². The Bertz CT molecular complexity index is 1820. The average Bonchev–Trinajstić information content (AvgIpc) is 3.13. The van der Waals surface area contributed by atoms with Gasteiger partial charge in [0.25, 0.3) is 0 Å². The van der Waals surface area contributed by atoms with Crippen molar-refractivity contribution in [2.24, 2.45) is 0 Å². The van der Waals surface area contributed by atoms with E-state index in [2.05, 4.69) is 0 Å². The van der Waals surface area contributed by atoms with Crippen molar-refractivity contribution in [3.05, 3.63) is 57.6 Å². The molecule has 11 atom stereocenters. The van der Waals surface area contributed by atoms with E-state index in [0.717, 1.165) is 13.0 Å². The molecule has 7 rings (SSSR count). The lowest BCUT2D eigenvalue weighted by Gasteiger charge is -2.47. The Morgan fingerprint density at radius 1 is 0.891 bits per heavy atom. The molecule has 15 heteroatoms.